The van der Waals surface area contributed by atoms with Crippen molar-refractivity contribution in [3.8, 4) is 0 Å². The number of hydrogen-bond acceptors (Lipinski definition) is 4. The molecule has 0 bridgehead atoms. The maximum absolute atomic E-state index is 12.5. The summed E-state index contributed by atoms with van der Waals surface area (Å²) in [4.78, 5) is 9.49. The molecule has 0 aliphatic heterocycles. The summed E-state index contributed by atoms with van der Waals surface area (Å²) in [6.45, 7) is 2.93. The monoisotopic (exact) mass is 345 g/mol. The van der Waals surface area contributed by atoms with E-state index in [1.807, 2.05) is 0 Å². The molecule has 1 rings (SSSR count). The maximum Gasteiger partial charge on any atom is 0.425 e. The zero-order valence-electron chi connectivity index (χ0n) is 11.2. The van der Waals surface area contributed by atoms with Gasteiger partial charge < -0.3 is 5.11 Å². The molecule has 5 nitrogen and oxygen atoms in total. The average Bonchev–Trinajstić information content (AvgIpc) is 2.74. The summed E-state index contributed by atoms with van der Waals surface area (Å²) in [5.74, 6) is -1.09. The third kappa shape index (κ3) is 5.29. The minimum absolute atomic E-state index is 0.0130. The van der Waals surface area contributed by atoms with Crippen LogP contribution >= 0.6 is 11.3 Å². The van der Waals surface area contributed by atoms with Gasteiger partial charge in [0.1, 0.15) is 9.09 Å². The smallest absolute Gasteiger partial charge is 0.425 e. The van der Waals surface area contributed by atoms with Crippen LogP contribution < -0.4 is 4.72 Å². The van der Waals surface area contributed by atoms with Crippen molar-refractivity contribution in [3.63, 3.8) is 0 Å². The number of sulfonamides is 1. The van der Waals surface area contributed by atoms with Crippen LogP contribution in [0.1, 0.15) is 31.6 Å². The third-order valence-corrected chi connectivity index (χ3v) is 5.82. The van der Waals surface area contributed by atoms with Gasteiger partial charge in [-0.25, -0.2) is 13.1 Å². The van der Waals surface area contributed by atoms with Crippen molar-refractivity contribution in [1.29, 1.82) is 0 Å². The van der Waals surface area contributed by atoms with Crippen LogP contribution in [0.2, 0.25) is 0 Å². The number of alkyl halides is 3. The van der Waals surface area contributed by atoms with E-state index in [2.05, 4.69) is 4.72 Å². The largest absolute Gasteiger partial charge is 0.481 e. The van der Waals surface area contributed by atoms with Crippen LogP contribution in [0.3, 0.4) is 0 Å². The van der Waals surface area contributed by atoms with E-state index < -0.39 is 36.8 Å². The fourth-order valence-corrected chi connectivity index (χ4v) is 4.12. The molecule has 1 aromatic rings. The molecule has 0 aliphatic carbocycles. The Bertz CT molecular complexity index is 620. The highest BCUT2D eigenvalue weighted by molar-refractivity contribution is 7.91. The molecular weight excluding hydrogens is 331 g/mol. The highest BCUT2D eigenvalue weighted by Gasteiger charge is 2.35. The Balaban J connectivity index is 2.91. The van der Waals surface area contributed by atoms with E-state index in [1.54, 1.807) is 0 Å². The number of nitrogens with one attached hydrogen (secondary N) is 1. The van der Waals surface area contributed by atoms with Crippen LogP contribution in [0.25, 0.3) is 0 Å². The van der Waals surface area contributed by atoms with Crippen LogP contribution in [-0.2, 0) is 21.0 Å². The van der Waals surface area contributed by atoms with Gasteiger partial charge in [-0.1, -0.05) is 0 Å². The second-order valence-corrected chi connectivity index (χ2v) is 7.99. The molecular formula is C11H14F3NO4S2. The lowest BCUT2D eigenvalue weighted by Crippen LogP contribution is -2.43. The fraction of sp³-hybridized carbons (Fsp3) is 0.545. The number of rotatable bonds is 6. The van der Waals surface area contributed by atoms with Gasteiger partial charge in [0, 0.05) is 12.0 Å². The summed E-state index contributed by atoms with van der Waals surface area (Å²) < 4.78 is 63.2. The van der Waals surface area contributed by atoms with Gasteiger partial charge in [-0.2, -0.15) is 13.2 Å². The van der Waals surface area contributed by atoms with Crippen molar-refractivity contribution in [2.45, 2.75) is 42.6 Å². The lowest BCUT2D eigenvalue weighted by atomic mass is 10.0. The van der Waals surface area contributed by atoms with Crippen molar-refractivity contribution in [2.75, 3.05) is 0 Å². The van der Waals surface area contributed by atoms with Gasteiger partial charge in [0.15, 0.2) is 0 Å². The third-order valence-electron chi connectivity index (χ3n) is 2.50. The Labute approximate surface area is 123 Å². The molecule has 21 heavy (non-hydrogen) atoms. The predicted molar refractivity (Wildman–Crippen MR) is 70.6 cm³/mol. The van der Waals surface area contributed by atoms with Crippen LogP contribution in [0.4, 0.5) is 13.2 Å². The van der Waals surface area contributed by atoms with Crippen molar-refractivity contribution >= 4 is 27.3 Å². The van der Waals surface area contributed by atoms with Gasteiger partial charge in [0.25, 0.3) is 10.0 Å². The van der Waals surface area contributed by atoms with E-state index >= 15 is 0 Å². The highest BCUT2D eigenvalue weighted by Crippen LogP contribution is 2.36. The van der Waals surface area contributed by atoms with E-state index in [0.717, 1.165) is 6.07 Å². The molecule has 1 aromatic heterocycles. The van der Waals surface area contributed by atoms with Crippen molar-refractivity contribution in [2.24, 2.45) is 0 Å². The fourth-order valence-electron chi connectivity index (χ4n) is 1.50. The van der Waals surface area contributed by atoms with E-state index in [1.165, 1.54) is 13.8 Å². The molecule has 0 aliphatic rings. The number of halogens is 3. The number of carboxylic acid groups (broad SMARTS) is 1. The topological polar surface area (TPSA) is 83.5 Å². The normalized spacial score (nSPS) is 13.4. The van der Waals surface area contributed by atoms with E-state index in [-0.39, 0.29) is 24.2 Å². The van der Waals surface area contributed by atoms with Gasteiger partial charge in [0.05, 0.1) is 0 Å². The minimum Gasteiger partial charge on any atom is -0.481 e. The number of thiophene rings is 1. The van der Waals surface area contributed by atoms with Crippen molar-refractivity contribution in [1.82, 2.24) is 4.72 Å². The summed E-state index contributed by atoms with van der Waals surface area (Å²) in [6, 6.07) is 1.58. The Hall–Kier alpha value is -1.13. The minimum atomic E-state index is -4.60. The molecule has 120 valence electrons. The van der Waals surface area contributed by atoms with Crippen LogP contribution in [-0.4, -0.2) is 25.0 Å². The van der Waals surface area contributed by atoms with Crippen LogP contribution in [0, 0.1) is 0 Å². The Morgan fingerprint density at radius 1 is 1.33 bits per heavy atom. The molecule has 0 amide bonds. The molecule has 0 fully saturated rings. The summed E-state index contributed by atoms with van der Waals surface area (Å²) in [5, 5.41) is 8.58. The van der Waals surface area contributed by atoms with E-state index in [9.17, 15) is 26.4 Å². The summed E-state index contributed by atoms with van der Waals surface area (Å²) >= 11 is 0.120. The first-order valence-corrected chi connectivity index (χ1v) is 8.06. The second kappa shape index (κ2) is 5.93. The first-order chi connectivity index (χ1) is 9.33. The van der Waals surface area contributed by atoms with Crippen LogP contribution in [0.5, 0.6) is 0 Å². The average molecular weight is 345 g/mol. The lowest BCUT2D eigenvalue weighted by Gasteiger charge is -2.24. The summed E-state index contributed by atoms with van der Waals surface area (Å²) in [7, 11) is -4.13. The van der Waals surface area contributed by atoms with Gasteiger partial charge in [-0.3, -0.25) is 4.79 Å². The SMILES string of the molecule is CC(C)(CCC(=O)O)NS(=O)(=O)c1ccc(C(F)(F)F)s1. The molecule has 0 spiro atoms. The number of aliphatic carboxylic acids is 1. The molecule has 10 heteroatoms. The number of hydrogen-bond donors (Lipinski definition) is 2. The van der Waals surface area contributed by atoms with Gasteiger partial charge in [-0.15, -0.1) is 11.3 Å². The quantitative estimate of drug-likeness (QED) is 0.830. The molecule has 0 saturated heterocycles. The van der Waals surface area contributed by atoms with Crippen molar-refractivity contribution < 1.29 is 31.5 Å². The zero-order chi connectivity index (χ0) is 16.5. The highest BCUT2D eigenvalue weighted by atomic mass is 32.2. The van der Waals surface area contributed by atoms with Gasteiger partial charge in [-0.05, 0) is 32.4 Å². The van der Waals surface area contributed by atoms with E-state index in [4.69, 9.17) is 5.11 Å². The van der Waals surface area contributed by atoms with Gasteiger partial charge >= 0.3 is 12.1 Å². The molecule has 0 unspecified atom stereocenters. The Morgan fingerprint density at radius 2 is 1.90 bits per heavy atom. The second-order valence-electron chi connectivity index (χ2n) is 5.00. The first kappa shape index (κ1) is 17.9. The molecule has 1 heterocycles. The molecule has 0 radical (unpaired) electrons. The number of carbonyl (C=O) groups is 1. The molecule has 0 aromatic carbocycles. The molecule has 0 saturated carbocycles. The summed E-state index contributed by atoms with van der Waals surface area (Å²) in [5.41, 5.74) is -1.08. The molecule has 2 N–H and O–H groups in total. The zero-order valence-corrected chi connectivity index (χ0v) is 12.8. The Morgan fingerprint density at radius 3 is 2.33 bits per heavy atom. The first-order valence-electron chi connectivity index (χ1n) is 5.76. The summed E-state index contributed by atoms with van der Waals surface area (Å²) in [6.07, 6.45) is -4.84. The lowest BCUT2D eigenvalue weighted by molar-refractivity contribution is -0.137. The maximum atomic E-state index is 12.5. The standard InChI is InChI=1S/C11H14F3NO4S2/c1-10(2,6-5-8(16)17)15-21(18,19)9-4-3-7(20-9)11(12,13)14/h3-4,15H,5-6H2,1-2H3,(H,16,17). The van der Waals surface area contributed by atoms with E-state index in [0.29, 0.717) is 6.07 Å². The van der Waals surface area contributed by atoms with Crippen molar-refractivity contribution in [3.05, 3.63) is 17.0 Å². The van der Waals surface area contributed by atoms with Crippen LogP contribution in [0.15, 0.2) is 16.3 Å². The van der Waals surface area contributed by atoms with Gasteiger partial charge in [0.2, 0.25) is 0 Å². The predicted octanol–water partition coefficient (Wildman–Crippen LogP) is 2.69. The Kier molecular flexibility index (Phi) is 5.06. The molecule has 0 atom stereocenters. The number of carboxylic acids is 1.